The van der Waals surface area contributed by atoms with Gasteiger partial charge in [0.05, 0.1) is 4.92 Å². The summed E-state index contributed by atoms with van der Waals surface area (Å²) in [6.45, 7) is 0.871. The van der Waals surface area contributed by atoms with Crippen molar-refractivity contribution in [2.24, 2.45) is 0 Å². The summed E-state index contributed by atoms with van der Waals surface area (Å²) in [7, 11) is 0. The van der Waals surface area contributed by atoms with Crippen LogP contribution in [0.2, 0.25) is 5.02 Å². The minimum absolute atomic E-state index is 0.0114. The number of nitro benzene ring substituents is 1. The summed E-state index contributed by atoms with van der Waals surface area (Å²) >= 11 is 5.95. The van der Waals surface area contributed by atoms with Gasteiger partial charge >= 0.3 is 0 Å². The third-order valence-electron chi connectivity index (χ3n) is 5.81. The maximum absolute atomic E-state index is 13.5. The molecule has 0 spiro atoms. The van der Waals surface area contributed by atoms with Gasteiger partial charge < -0.3 is 19.4 Å². The molecule has 1 aromatic heterocycles. The summed E-state index contributed by atoms with van der Waals surface area (Å²) < 4.78 is 10.8. The molecule has 0 atom stereocenters. The Morgan fingerprint density at radius 2 is 1.91 bits per heavy atom. The fourth-order valence-electron chi connectivity index (χ4n) is 4.07. The van der Waals surface area contributed by atoms with Crippen molar-refractivity contribution in [2.75, 3.05) is 13.3 Å². The highest BCUT2D eigenvalue weighted by Crippen LogP contribution is 2.33. The first-order chi connectivity index (χ1) is 16.5. The quantitative estimate of drug-likeness (QED) is 0.286. The van der Waals surface area contributed by atoms with Crippen LogP contribution in [0.5, 0.6) is 11.5 Å². The smallest absolute Gasteiger partial charge is 0.288 e. The number of aromatic amines is 1. The second-order valence-electron chi connectivity index (χ2n) is 7.95. The number of hydrogen-bond acceptors (Lipinski definition) is 5. The third kappa shape index (κ3) is 4.27. The van der Waals surface area contributed by atoms with Crippen LogP contribution in [-0.2, 0) is 13.0 Å². The maximum Gasteiger partial charge on any atom is 0.288 e. The van der Waals surface area contributed by atoms with E-state index in [-0.39, 0.29) is 29.0 Å². The van der Waals surface area contributed by atoms with E-state index in [1.807, 2.05) is 48.7 Å². The number of rotatable bonds is 7. The van der Waals surface area contributed by atoms with E-state index in [0.29, 0.717) is 31.0 Å². The van der Waals surface area contributed by atoms with E-state index >= 15 is 0 Å². The Bertz CT molecular complexity index is 1400. The number of benzene rings is 3. The Hall–Kier alpha value is -4.04. The van der Waals surface area contributed by atoms with Gasteiger partial charge in [0, 0.05) is 41.8 Å². The van der Waals surface area contributed by atoms with Gasteiger partial charge in [0.2, 0.25) is 6.79 Å². The number of carbonyl (C=O) groups is 1. The Balaban J connectivity index is 1.44. The van der Waals surface area contributed by atoms with Crippen molar-refractivity contribution in [3.63, 3.8) is 0 Å². The number of nitrogens with one attached hydrogen (secondary N) is 1. The number of ether oxygens (including phenoxy) is 2. The van der Waals surface area contributed by atoms with Crippen molar-refractivity contribution in [1.29, 1.82) is 0 Å². The van der Waals surface area contributed by atoms with Crippen LogP contribution in [-0.4, -0.2) is 34.1 Å². The summed E-state index contributed by atoms with van der Waals surface area (Å²) in [4.78, 5) is 29.2. The molecule has 1 aliphatic heterocycles. The van der Waals surface area contributed by atoms with Gasteiger partial charge in [0.25, 0.3) is 11.6 Å². The van der Waals surface area contributed by atoms with Crippen LogP contribution in [0.3, 0.4) is 0 Å². The number of fused-ring (bicyclic) bond motifs is 2. The molecular weight excluding hydrogens is 458 g/mol. The molecule has 0 saturated heterocycles. The molecule has 0 unspecified atom stereocenters. The average molecular weight is 478 g/mol. The fourth-order valence-corrected chi connectivity index (χ4v) is 4.26. The predicted octanol–water partition coefficient (Wildman–Crippen LogP) is 5.34. The average Bonchev–Trinajstić information content (AvgIpc) is 3.48. The molecule has 0 radical (unpaired) electrons. The van der Waals surface area contributed by atoms with Gasteiger partial charge in [-0.05, 0) is 47.9 Å². The van der Waals surface area contributed by atoms with Gasteiger partial charge in [-0.1, -0.05) is 35.9 Å². The molecular formula is C25H20ClN3O5. The van der Waals surface area contributed by atoms with E-state index in [0.717, 1.165) is 22.0 Å². The minimum atomic E-state index is -0.590. The molecule has 9 heteroatoms. The SMILES string of the molecule is O=C(c1ccc(Cl)c([N+](=O)[O-])c1)N(CCc1c[nH]c2ccccc12)Cc1ccc2c(c1)OCO2. The highest BCUT2D eigenvalue weighted by atomic mass is 35.5. The van der Waals surface area contributed by atoms with Crippen LogP contribution < -0.4 is 9.47 Å². The fraction of sp³-hybridized carbons (Fsp3) is 0.160. The molecule has 0 bridgehead atoms. The monoisotopic (exact) mass is 477 g/mol. The first kappa shape index (κ1) is 21.8. The summed E-state index contributed by atoms with van der Waals surface area (Å²) in [5, 5.41) is 12.4. The molecule has 5 rings (SSSR count). The molecule has 172 valence electrons. The van der Waals surface area contributed by atoms with Crippen LogP contribution in [0, 0.1) is 10.1 Å². The zero-order valence-electron chi connectivity index (χ0n) is 18.0. The lowest BCUT2D eigenvalue weighted by Gasteiger charge is -2.23. The second kappa shape index (κ2) is 9.07. The topological polar surface area (TPSA) is 97.7 Å². The molecule has 1 amide bonds. The van der Waals surface area contributed by atoms with Crippen molar-refractivity contribution in [1.82, 2.24) is 9.88 Å². The Labute approximate surface area is 199 Å². The van der Waals surface area contributed by atoms with Crippen LogP contribution >= 0.6 is 11.6 Å². The van der Waals surface area contributed by atoms with E-state index in [1.54, 1.807) is 4.90 Å². The van der Waals surface area contributed by atoms with Crippen LogP contribution in [0.25, 0.3) is 10.9 Å². The Morgan fingerprint density at radius 3 is 2.76 bits per heavy atom. The molecule has 4 aromatic rings. The van der Waals surface area contributed by atoms with Gasteiger partial charge in [0.1, 0.15) is 5.02 Å². The molecule has 2 heterocycles. The van der Waals surface area contributed by atoms with Gasteiger partial charge in [0.15, 0.2) is 11.5 Å². The molecule has 0 saturated carbocycles. The van der Waals surface area contributed by atoms with Crippen molar-refractivity contribution < 1.29 is 19.2 Å². The number of hydrogen-bond donors (Lipinski definition) is 1. The standard InChI is InChI=1S/C25H20ClN3O5/c26-20-7-6-17(12-22(20)29(31)32)25(30)28(14-16-5-8-23-24(11-16)34-15-33-23)10-9-18-13-27-21-4-2-1-3-19(18)21/h1-8,11-13,27H,9-10,14-15H2. The Kier molecular flexibility index (Phi) is 5.81. The van der Waals surface area contributed by atoms with E-state index in [2.05, 4.69) is 4.98 Å². The number of amides is 1. The zero-order chi connectivity index (χ0) is 23.7. The lowest BCUT2D eigenvalue weighted by Crippen LogP contribution is -2.32. The summed E-state index contributed by atoms with van der Waals surface area (Å²) in [5.74, 6) is 0.967. The predicted molar refractivity (Wildman–Crippen MR) is 127 cm³/mol. The summed E-state index contributed by atoms with van der Waals surface area (Å²) in [5.41, 5.74) is 2.88. The molecule has 1 N–H and O–H groups in total. The number of H-pyrrole nitrogens is 1. The van der Waals surface area contributed by atoms with Crippen molar-refractivity contribution >= 4 is 34.1 Å². The van der Waals surface area contributed by atoms with E-state index in [9.17, 15) is 14.9 Å². The first-order valence-electron chi connectivity index (χ1n) is 10.7. The van der Waals surface area contributed by atoms with Crippen LogP contribution in [0.1, 0.15) is 21.5 Å². The number of nitro groups is 1. The highest BCUT2D eigenvalue weighted by molar-refractivity contribution is 6.32. The number of halogens is 1. The van der Waals surface area contributed by atoms with Gasteiger partial charge in [-0.2, -0.15) is 0 Å². The van der Waals surface area contributed by atoms with Crippen LogP contribution in [0.4, 0.5) is 5.69 Å². The van der Waals surface area contributed by atoms with Crippen molar-refractivity contribution in [3.05, 3.63) is 98.7 Å². The van der Waals surface area contributed by atoms with Gasteiger partial charge in [-0.15, -0.1) is 0 Å². The molecule has 0 aliphatic carbocycles. The molecule has 0 fully saturated rings. The Morgan fingerprint density at radius 1 is 1.09 bits per heavy atom. The van der Waals surface area contributed by atoms with Crippen molar-refractivity contribution in [3.8, 4) is 11.5 Å². The number of carbonyl (C=O) groups excluding carboxylic acids is 1. The first-order valence-corrected chi connectivity index (χ1v) is 11.0. The van der Waals surface area contributed by atoms with Crippen molar-refractivity contribution in [2.45, 2.75) is 13.0 Å². The number of para-hydroxylation sites is 1. The third-order valence-corrected chi connectivity index (χ3v) is 6.13. The van der Waals surface area contributed by atoms with E-state index in [4.69, 9.17) is 21.1 Å². The molecule has 8 nitrogen and oxygen atoms in total. The highest BCUT2D eigenvalue weighted by Gasteiger charge is 2.22. The minimum Gasteiger partial charge on any atom is -0.454 e. The van der Waals surface area contributed by atoms with Crippen LogP contribution in [0.15, 0.2) is 66.9 Å². The molecule has 3 aromatic carbocycles. The normalized spacial score (nSPS) is 12.1. The largest absolute Gasteiger partial charge is 0.454 e. The lowest BCUT2D eigenvalue weighted by atomic mass is 10.1. The number of nitrogens with zero attached hydrogens (tertiary/aromatic N) is 2. The van der Waals surface area contributed by atoms with E-state index in [1.165, 1.54) is 18.2 Å². The summed E-state index contributed by atoms with van der Waals surface area (Å²) in [6, 6.07) is 17.6. The van der Waals surface area contributed by atoms with Gasteiger partial charge in [-0.3, -0.25) is 14.9 Å². The zero-order valence-corrected chi connectivity index (χ0v) is 18.7. The molecule has 34 heavy (non-hydrogen) atoms. The summed E-state index contributed by atoms with van der Waals surface area (Å²) in [6.07, 6.45) is 2.55. The maximum atomic E-state index is 13.5. The lowest BCUT2D eigenvalue weighted by molar-refractivity contribution is -0.384. The second-order valence-corrected chi connectivity index (χ2v) is 8.35. The van der Waals surface area contributed by atoms with E-state index < -0.39 is 4.92 Å². The molecule has 1 aliphatic rings. The number of aromatic nitrogens is 1. The van der Waals surface area contributed by atoms with Gasteiger partial charge in [-0.25, -0.2) is 0 Å².